The Morgan fingerprint density at radius 2 is 2.06 bits per heavy atom. The molecule has 1 aromatic rings. The summed E-state index contributed by atoms with van der Waals surface area (Å²) >= 11 is 0. The molecule has 4 heteroatoms. The van der Waals surface area contributed by atoms with Crippen molar-refractivity contribution in [3.63, 3.8) is 0 Å². The lowest BCUT2D eigenvalue weighted by atomic mass is 10.1. The molecular weight excluding hydrogens is 207 g/mol. The van der Waals surface area contributed by atoms with Crippen LogP contribution in [-0.4, -0.2) is 24.8 Å². The first-order valence-electron chi connectivity index (χ1n) is 5.36. The van der Waals surface area contributed by atoms with Gasteiger partial charge in [0.15, 0.2) is 0 Å². The zero-order valence-electron chi connectivity index (χ0n) is 9.94. The Balaban J connectivity index is 3.09. The maximum Gasteiger partial charge on any atom is 0.146 e. The summed E-state index contributed by atoms with van der Waals surface area (Å²) in [6.45, 7) is 3.86. The third kappa shape index (κ3) is 2.93. The molecular formula is C12H19FN2O. The summed E-state index contributed by atoms with van der Waals surface area (Å²) in [6, 6.07) is 4.62. The van der Waals surface area contributed by atoms with Gasteiger partial charge in [0.1, 0.15) is 5.82 Å². The molecule has 2 atom stereocenters. The van der Waals surface area contributed by atoms with E-state index in [0.29, 0.717) is 12.2 Å². The van der Waals surface area contributed by atoms with Crippen LogP contribution in [0.2, 0.25) is 0 Å². The maximum absolute atomic E-state index is 13.7. The normalized spacial score (nSPS) is 14.6. The molecule has 0 fully saturated rings. The number of aliphatic hydroxyl groups is 1. The van der Waals surface area contributed by atoms with Gasteiger partial charge < -0.3 is 15.7 Å². The minimum Gasteiger partial charge on any atom is -0.392 e. The molecule has 0 bridgehead atoms. The molecule has 0 aliphatic heterocycles. The van der Waals surface area contributed by atoms with Crippen molar-refractivity contribution in [3.8, 4) is 0 Å². The molecule has 1 aromatic carbocycles. The molecule has 1 unspecified atom stereocenters. The largest absolute Gasteiger partial charge is 0.392 e. The fourth-order valence-electron chi connectivity index (χ4n) is 1.79. The summed E-state index contributed by atoms with van der Waals surface area (Å²) in [6.07, 6.45) is -0.509. The molecule has 0 amide bonds. The van der Waals surface area contributed by atoms with E-state index in [1.54, 1.807) is 24.9 Å². The molecule has 90 valence electrons. The van der Waals surface area contributed by atoms with Gasteiger partial charge >= 0.3 is 0 Å². The van der Waals surface area contributed by atoms with Gasteiger partial charge in [0, 0.05) is 19.6 Å². The Bertz CT molecular complexity index is 353. The van der Waals surface area contributed by atoms with Crippen LogP contribution in [0.4, 0.5) is 10.1 Å². The summed E-state index contributed by atoms with van der Waals surface area (Å²) in [5.41, 5.74) is 7.02. The minimum absolute atomic E-state index is 0.234. The lowest BCUT2D eigenvalue weighted by molar-refractivity contribution is 0.201. The molecule has 3 N–H and O–H groups in total. The summed E-state index contributed by atoms with van der Waals surface area (Å²) in [7, 11) is 1.75. The molecule has 0 aliphatic carbocycles. The van der Waals surface area contributed by atoms with E-state index in [0.717, 1.165) is 5.56 Å². The van der Waals surface area contributed by atoms with Crippen molar-refractivity contribution in [2.45, 2.75) is 26.0 Å². The zero-order valence-corrected chi connectivity index (χ0v) is 9.94. The van der Waals surface area contributed by atoms with Gasteiger partial charge in [-0.3, -0.25) is 0 Å². The summed E-state index contributed by atoms with van der Waals surface area (Å²) in [4.78, 5) is 1.69. The van der Waals surface area contributed by atoms with Crippen molar-refractivity contribution in [1.82, 2.24) is 0 Å². The Morgan fingerprint density at radius 1 is 1.44 bits per heavy atom. The second-order valence-electron chi connectivity index (χ2n) is 4.20. The highest BCUT2D eigenvalue weighted by Crippen LogP contribution is 2.27. The molecule has 3 nitrogen and oxygen atoms in total. The number of hydrogen-bond donors (Lipinski definition) is 2. The maximum atomic E-state index is 13.7. The minimum atomic E-state index is -0.509. The quantitative estimate of drug-likeness (QED) is 0.821. The third-order valence-electron chi connectivity index (χ3n) is 2.43. The number of benzene rings is 1. The standard InChI is InChI=1S/C12H19FN2O/c1-8(16)7-15(3)12-10(9(2)14)5-4-6-11(12)13/h4-6,8-9,16H,7,14H2,1-3H3/t8?,9-/m0/s1. The Morgan fingerprint density at radius 3 is 2.56 bits per heavy atom. The van der Waals surface area contributed by atoms with E-state index in [2.05, 4.69) is 0 Å². The van der Waals surface area contributed by atoms with E-state index in [1.807, 2.05) is 13.0 Å². The summed E-state index contributed by atoms with van der Waals surface area (Å²) in [5, 5.41) is 9.31. The van der Waals surface area contributed by atoms with Gasteiger partial charge in [-0.25, -0.2) is 4.39 Å². The van der Waals surface area contributed by atoms with Gasteiger partial charge in [0.25, 0.3) is 0 Å². The molecule has 0 radical (unpaired) electrons. The van der Waals surface area contributed by atoms with E-state index in [-0.39, 0.29) is 11.9 Å². The molecule has 0 aromatic heterocycles. The van der Waals surface area contributed by atoms with Crippen molar-refractivity contribution >= 4 is 5.69 Å². The third-order valence-corrected chi connectivity index (χ3v) is 2.43. The highest BCUT2D eigenvalue weighted by atomic mass is 19.1. The average Bonchev–Trinajstić information content (AvgIpc) is 2.15. The Kier molecular flexibility index (Phi) is 4.26. The highest BCUT2D eigenvalue weighted by molar-refractivity contribution is 5.55. The van der Waals surface area contributed by atoms with Crippen LogP contribution >= 0.6 is 0 Å². The fourth-order valence-corrected chi connectivity index (χ4v) is 1.79. The lowest BCUT2D eigenvalue weighted by Crippen LogP contribution is -2.29. The van der Waals surface area contributed by atoms with Crippen LogP contribution in [0.25, 0.3) is 0 Å². The number of para-hydroxylation sites is 1. The van der Waals surface area contributed by atoms with Gasteiger partial charge in [-0.2, -0.15) is 0 Å². The number of nitrogens with zero attached hydrogens (tertiary/aromatic N) is 1. The van der Waals surface area contributed by atoms with Crippen LogP contribution in [0.15, 0.2) is 18.2 Å². The molecule has 1 rings (SSSR count). The number of nitrogens with two attached hydrogens (primary N) is 1. The van der Waals surface area contributed by atoms with E-state index in [1.165, 1.54) is 6.07 Å². The predicted molar refractivity (Wildman–Crippen MR) is 64.0 cm³/mol. The monoisotopic (exact) mass is 226 g/mol. The zero-order chi connectivity index (χ0) is 12.3. The Labute approximate surface area is 95.7 Å². The lowest BCUT2D eigenvalue weighted by Gasteiger charge is -2.25. The number of likely N-dealkylation sites (N-methyl/N-ethyl adjacent to an activating group) is 1. The van der Waals surface area contributed by atoms with Crippen LogP contribution < -0.4 is 10.6 Å². The van der Waals surface area contributed by atoms with Gasteiger partial charge in [0.2, 0.25) is 0 Å². The van der Waals surface area contributed by atoms with Gasteiger partial charge in [-0.15, -0.1) is 0 Å². The molecule has 0 saturated heterocycles. The van der Waals surface area contributed by atoms with E-state index >= 15 is 0 Å². The first-order valence-corrected chi connectivity index (χ1v) is 5.36. The van der Waals surface area contributed by atoms with Crippen molar-refractivity contribution < 1.29 is 9.50 Å². The van der Waals surface area contributed by atoms with Crippen molar-refractivity contribution in [1.29, 1.82) is 0 Å². The van der Waals surface area contributed by atoms with Crippen LogP contribution in [0.3, 0.4) is 0 Å². The van der Waals surface area contributed by atoms with Crippen LogP contribution in [-0.2, 0) is 0 Å². The highest BCUT2D eigenvalue weighted by Gasteiger charge is 2.16. The first kappa shape index (κ1) is 12.9. The molecule has 0 saturated carbocycles. The average molecular weight is 226 g/mol. The number of hydrogen-bond acceptors (Lipinski definition) is 3. The van der Waals surface area contributed by atoms with Crippen molar-refractivity contribution in [2.75, 3.05) is 18.5 Å². The van der Waals surface area contributed by atoms with Crippen LogP contribution in [0, 0.1) is 5.82 Å². The molecule has 16 heavy (non-hydrogen) atoms. The van der Waals surface area contributed by atoms with E-state index < -0.39 is 6.10 Å². The van der Waals surface area contributed by atoms with Crippen molar-refractivity contribution in [3.05, 3.63) is 29.6 Å². The van der Waals surface area contributed by atoms with Crippen molar-refractivity contribution in [2.24, 2.45) is 5.73 Å². The van der Waals surface area contributed by atoms with E-state index in [4.69, 9.17) is 5.73 Å². The first-order chi connectivity index (χ1) is 7.43. The number of aliphatic hydroxyl groups excluding tert-OH is 1. The van der Waals surface area contributed by atoms with Gasteiger partial charge in [-0.1, -0.05) is 12.1 Å². The molecule has 0 aliphatic rings. The molecule has 0 heterocycles. The van der Waals surface area contributed by atoms with Crippen LogP contribution in [0.5, 0.6) is 0 Å². The van der Waals surface area contributed by atoms with Gasteiger partial charge in [0.05, 0.1) is 11.8 Å². The Hall–Kier alpha value is -1.13. The second kappa shape index (κ2) is 5.27. The summed E-state index contributed by atoms with van der Waals surface area (Å²) < 4.78 is 13.7. The number of rotatable bonds is 4. The number of anilines is 1. The van der Waals surface area contributed by atoms with Gasteiger partial charge in [-0.05, 0) is 25.5 Å². The summed E-state index contributed by atoms with van der Waals surface area (Å²) in [5.74, 6) is -0.307. The topological polar surface area (TPSA) is 49.5 Å². The number of halogens is 1. The smallest absolute Gasteiger partial charge is 0.146 e. The SMILES string of the molecule is CC(O)CN(C)c1c(F)cccc1[C@H](C)N. The second-order valence-corrected chi connectivity index (χ2v) is 4.20. The predicted octanol–water partition coefficient (Wildman–Crippen LogP) is 1.66. The molecule has 0 spiro atoms. The van der Waals surface area contributed by atoms with Crippen LogP contribution in [0.1, 0.15) is 25.5 Å². The van der Waals surface area contributed by atoms with E-state index in [9.17, 15) is 9.50 Å². The fraction of sp³-hybridized carbons (Fsp3) is 0.500.